The third kappa shape index (κ3) is 5.54. The zero-order chi connectivity index (χ0) is 21.5. The molecule has 2 aromatic carbocycles. The van der Waals surface area contributed by atoms with Crippen LogP contribution < -0.4 is 14.8 Å². The van der Waals surface area contributed by atoms with Crippen LogP contribution in [0.4, 0.5) is 5.69 Å². The Hall–Kier alpha value is -2.52. The van der Waals surface area contributed by atoms with Crippen LogP contribution >= 0.6 is 27.7 Å². The molecule has 0 aliphatic carbocycles. The fraction of sp³-hybridized carbons (Fsp3) is 0.286. The maximum absolute atomic E-state index is 12.3. The van der Waals surface area contributed by atoms with Crippen molar-refractivity contribution in [3.63, 3.8) is 0 Å². The number of anilines is 1. The molecule has 0 saturated carbocycles. The molecule has 0 aliphatic rings. The molecule has 1 unspecified atom stereocenters. The van der Waals surface area contributed by atoms with Crippen LogP contribution in [0.25, 0.3) is 0 Å². The van der Waals surface area contributed by atoms with Crippen LogP contribution in [0.1, 0.15) is 25.8 Å². The highest BCUT2D eigenvalue weighted by molar-refractivity contribution is 9.10. The molecule has 7 nitrogen and oxygen atoms in total. The van der Waals surface area contributed by atoms with Crippen LogP contribution in [-0.2, 0) is 11.3 Å². The lowest BCUT2D eigenvalue weighted by Crippen LogP contribution is -2.15. The van der Waals surface area contributed by atoms with E-state index in [0.717, 1.165) is 21.7 Å². The number of methoxy groups -OCH3 is 1. The van der Waals surface area contributed by atoms with Crippen molar-refractivity contribution in [1.82, 2.24) is 14.8 Å². The maximum Gasteiger partial charge on any atom is 0.234 e. The Morgan fingerprint density at radius 2 is 1.87 bits per heavy atom. The van der Waals surface area contributed by atoms with Crippen molar-refractivity contribution in [3.8, 4) is 11.5 Å². The van der Waals surface area contributed by atoms with Crippen molar-refractivity contribution in [1.29, 1.82) is 0 Å². The number of amides is 1. The zero-order valence-corrected chi connectivity index (χ0v) is 19.4. The Balaban J connectivity index is 1.62. The molecule has 0 fully saturated rings. The third-order valence-electron chi connectivity index (χ3n) is 4.28. The summed E-state index contributed by atoms with van der Waals surface area (Å²) < 4.78 is 14.0. The Labute approximate surface area is 188 Å². The number of thioether (sulfide) groups is 1. The number of para-hydroxylation sites is 1. The summed E-state index contributed by atoms with van der Waals surface area (Å²) in [7, 11) is 1.63. The number of nitrogens with one attached hydrogen (secondary N) is 1. The molecule has 0 bridgehead atoms. The first kappa shape index (κ1) is 22.2. The van der Waals surface area contributed by atoms with Crippen molar-refractivity contribution in [2.24, 2.45) is 0 Å². The summed E-state index contributed by atoms with van der Waals surface area (Å²) in [6, 6.07) is 14.9. The number of benzene rings is 2. The van der Waals surface area contributed by atoms with Gasteiger partial charge in [-0.15, -0.1) is 10.2 Å². The number of carbonyl (C=O) groups is 1. The molecule has 30 heavy (non-hydrogen) atoms. The van der Waals surface area contributed by atoms with Gasteiger partial charge in [0.25, 0.3) is 0 Å². The van der Waals surface area contributed by atoms with Gasteiger partial charge in [0.05, 0.1) is 18.6 Å². The number of hydrogen-bond donors (Lipinski definition) is 1. The van der Waals surface area contributed by atoms with Gasteiger partial charge in [-0.1, -0.05) is 23.9 Å². The minimum Gasteiger partial charge on any atom is -0.497 e. The van der Waals surface area contributed by atoms with Gasteiger partial charge in [0.1, 0.15) is 11.5 Å². The molecular weight excluding hydrogens is 468 g/mol. The van der Waals surface area contributed by atoms with Gasteiger partial charge in [-0.25, -0.2) is 0 Å². The smallest absolute Gasteiger partial charge is 0.234 e. The monoisotopic (exact) mass is 490 g/mol. The Morgan fingerprint density at radius 3 is 2.53 bits per heavy atom. The van der Waals surface area contributed by atoms with Gasteiger partial charge >= 0.3 is 0 Å². The first-order valence-electron chi connectivity index (χ1n) is 9.42. The Bertz CT molecular complexity index is 994. The predicted molar refractivity (Wildman–Crippen MR) is 121 cm³/mol. The number of rotatable bonds is 9. The van der Waals surface area contributed by atoms with E-state index in [-0.39, 0.29) is 17.8 Å². The van der Waals surface area contributed by atoms with Crippen LogP contribution in [0.15, 0.2) is 58.2 Å². The van der Waals surface area contributed by atoms with E-state index in [9.17, 15) is 4.79 Å². The van der Waals surface area contributed by atoms with Gasteiger partial charge in [-0.2, -0.15) is 0 Å². The van der Waals surface area contributed by atoms with Crippen LogP contribution in [0.5, 0.6) is 11.5 Å². The average molecular weight is 491 g/mol. The molecule has 3 aromatic rings. The van der Waals surface area contributed by atoms with Crippen molar-refractivity contribution in [3.05, 3.63) is 58.8 Å². The van der Waals surface area contributed by atoms with Gasteiger partial charge in [0.15, 0.2) is 17.1 Å². The average Bonchev–Trinajstić information content (AvgIpc) is 3.17. The molecule has 0 radical (unpaired) electrons. The van der Waals surface area contributed by atoms with Crippen LogP contribution in [0, 0.1) is 0 Å². The summed E-state index contributed by atoms with van der Waals surface area (Å²) in [6.45, 7) is 4.61. The lowest BCUT2D eigenvalue weighted by atomic mass is 10.3. The van der Waals surface area contributed by atoms with E-state index in [4.69, 9.17) is 9.47 Å². The lowest BCUT2D eigenvalue weighted by Gasteiger charge is -2.16. The van der Waals surface area contributed by atoms with Crippen molar-refractivity contribution >= 4 is 39.3 Å². The second-order valence-electron chi connectivity index (χ2n) is 6.34. The second kappa shape index (κ2) is 10.5. The van der Waals surface area contributed by atoms with E-state index in [1.54, 1.807) is 7.11 Å². The summed E-state index contributed by atoms with van der Waals surface area (Å²) in [5, 5.41) is 12.1. The van der Waals surface area contributed by atoms with Gasteiger partial charge in [-0.05, 0) is 66.2 Å². The number of hydrogen-bond acceptors (Lipinski definition) is 6. The molecule has 1 aromatic heterocycles. The molecule has 0 spiro atoms. The topological polar surface area (TPSA) is 78.3 Å². The summed E-state index contributed by atoms with van der Waals surface area (Å²) in [5.41, 5.74) is 0.738. The number of ether oxygens (including phenoxy) is 2. The number of halogens is 1. The molecule has 9 heteroatoms. The van der Waals surface area contributed by atoms with E-state index in [0.29, 0.717) is 17.5 Å². The minimum atomic E-state index is -0.297. The standard InChI is InChI=1S/C21H23BrN4O3S/c1-4-26-20(14(2)29-16-11-9-15(28-3)10-12-16)24-25-21(26)30-13-19(27)23-18-8-6-5-7-17(18)22/h5-12,14H,4,13H2,1-3H3,(H,23,27). The number of nitrogens with zero attached hydrogens (tertiary/aromatic N) is 3. The van der Waals surface area contributed by atoms with Crippen LogP contribution in [0.3, 0.4) is 0 Å². The number of carbonyl (C=O) groups excluding carboxylic acids is 1. The SMILES string of the molecule is CCn1c(SCC(=O)Nc2ccccc2Br)nnc1C(C)Oc1ccc(OC)cc1. The molecule has 1 atom stereocenters. The predicted octanol–water partition coefficient (Wildman–Crippen LogP) is 4.94. The Morgan fingerprint density at radius 1 is 1.17 bits per heavy atom. The van der Waals surface area contributed by atoms with E-state index in [1.807, 2.05) is 66.9 Å². The second-order valence-corrected chi connectivity index (χ2v) is 8.13. The van der Waals surface area contributed by atoms with Gasteiger partial charge < -0.3 is 19.4 Å². The van der Waals surface area contributed by atoms with E-state index < -0.39 is 0 Å². The van der Waals surface area contributed by atoms with Gasteiger partial charge in [0, 0.05) is 11.0 Å². The fourth-order valence-corrected chi connectivity index (χ4v) is 3.99. The third-order valence-corrected chi connectivity index (χ3v) is 5.94. The molecule has 3 rings (SSSR count). The molecule has 1 N–H and O–H groups in total. The highest BCUT2D eigenvalue weighted by Gasteiger charge is 2.19. The van der Waals surface area contributed by atoms with Crippen molar-refractivity contribution in [2.45, 2.75) is 31.7 Å². The minimum absolute atomic E-state index is 0.110. The van der Waals surface area contributed by atoms with E-state index in [2.05, 4.69) is 31.4 Å². The fourth-order valence-electron chi connectivity index (χ4n) is 2.79. The van der Waals surface area contributed by atoms with Crippen molar-refractivity contribution in [2.75, 3.05) is 18.2 Å². The summed E-state index contributed by atoms with van der Waals surface area (Å²) >= 11 is 4.77. The lowest BCUT2D eigenvalue weighted by molar-refractivity contribution is -0.113. The van der Waals surface area contributed by atoms with E-state index in [1.165, 1.54) is 11.8 Å². The normalized spacial score (nSPS) is 11.7. The highest BCUT2D eigenvalue weighted by Crippen LogP contribution is 2.26. The summed E-state index contributed by atoms with van der Waals surface area (Å²) in [6.07, 6.45) is -0.297. The Kier molecular flexibility index (Phi) is 7.75. The summed E-state index contributed by atoms with van der Waals surface area (Å²) in [5.74, 6) is 2.32. The quantitative estimate of drug-likeness (QED) is 0.428. The van der Waals surface area contributed by atoms with Crippen LogP contribution in [0.2, 0.25) is 0 Å². The first-order valence-corrected chi connectivity index (χ1v) is 11.2. The van der Waals surface area contributed by atoms with Crippen molar-refractivity contribution < 1.29 is 14.3 Å². The molecule has 1 heterocycles. The van der Waals surface area contributed by atoms with Gasteiger partial charge in [-0.3, -0.25) is 4.79 Å². The summed E-state index contributed by atoms with van der Waals surface area (Å²) in [4.78, 5) is 12.3. The van der Waals surface area contributed by atoms with Gasteiger partial charge in [0.2, 0.25) is 5.91 Å². The van der Waals surface area contributed by atoms with E-state index >= 15 is 0 Å². The highest BCUT2D eigenvalue weighted by atomic mass is 79.9. The first-order chi connectivity index (χ1) is 14.5. The zero-order valence-electron chi connectivity index (χ0n) is 17.0. The molecule has 1 amide bonds. The molecule has 0 aliphatic heterocycles. The number of aromatic nitrogens is 3. The molecule has 158 valence electrons. The van der Waals surface area contributed by atoms with Crippen LogP contribution in [-0.4, -0.2) is 33.5 Å². The molecule has 0 saturated heterocycles. The molecular formula is C21H23BrN4O3S. The largest absolute Gasteiger partial charge is 0.497 e. The maximum atomic E-state index is 12.3.